The van der Waals surface area contributed by atoms with Crippen LogP contribution in [0.25, 0.3) is 10.7 Å². The molecule has 3 rings (SSSR count). The van der Waals surface area contributed by atoms with E-state index < -0.39 is 0 Å². The molecule has 0 aliphatic carbocycles. The average Bonchev–Trinajstić information content (AvgIpc) is 3.29. The first-order valence-corrected chi connectivity index (χ1v) is 9.88. The lowest BCUT2D eigenvalue weighted by molar-refractivity contribution is -0.127. The summed E-state index contributed by atoms with van der Waals surface area (Å²) in [5.74, 6) is 1.97. The van der Waals surface area contributed by atoms with Crippen LogP contribution in [0.2, 0.25) is 0 Å². The van der Waals surface area contributed by atoms with Crippen molar-refractivity contribution in [1.29, 1.82) is 0 Å². The minimum absolute atomic E-state index is 0.0403. The molecule has 26 heavy (non-hydrogen) atoms. The van der Waals surface area contributed by atoms with E-state index in [2.05, 4.69) is 10.2 Å². The molecule has 1 aromatic carbocycles. The van der Waals surface area contributed by atoms with Crippen molar-refractivity contribution in [2.24, 2.45) is 7.05 Å². The maximum Gasteiger partial charge on any atom is 0.233 e. The van der Waals surface area contributed by atoms with Crippen molar-refractivity contribution in [2.45, 2.75) is 11.7 Å². The Morgan fingerprint density at radius 3 is 2.88 bits per heavy atom. The lowest BCUT2D eigenvalue weighted by atomic mass is 10.2. The third-order valence-corrected chi connectivity index (χ3v) is 5.75. The maximum absolute atomic E-state index is 12.4. The molecule has 136 valence electrons. The quantitative estimate of drug-likeness (QED) is 0.581. The van der Waals surface area contributed by atoms with Gasteiger partial charge in [-0.15, -0.1) is 21.5 Å². The molecule has 3 aromatic rings. The molecule has 2 aromatic heterocycles. The van der Waals surface area contributed by atoms with E-state index >= 15 is 0 Å². The molecule has 1 amide bonds. The van der Waals surface area contributed by atoms with Gasteiger partial charge in [-0.2, -0.15) is 0 Å². The summed E-state index contributed by atoms with van der Waals surface area (Å²) in [6.07, 6.45) is 0. The fourth-order valence-corrected chi connectivity index (χ4v) is 4.03. The normalized spacial score (nSPS) is 10.7. The van der Waals surface area contributed by atoms with Gasteiger partial charge < -0.3 is 14.2 Å². The Kier molecular flexibility index (Phi) is 5.95. The van der Waals surface area contributed by atoms with Gasteiger partial charge in [-0.25, -0.2) is 0 Å². The molecule has 6 nitrogen and oxygen atoms in total. The summed E-state index contributed by atoms with van der Waals surface area (Å²) in [6, 6.07) is 11.7. The summed E-state index contributed by atoms with van der Waals surface area (Å²) in [6.45, 7) is 0.538. The highest BCUT2D eigenvalue weighted by atomic mass is 32.2. The molecular weight excluding hydrogens is 368 g/mol. The summed E-state index contributed by atoms with van der Waals surface area (Å²) in [7, 11) is 5.36. The third kappa shape index (κ3) is 4.25. The lowest BCUT2D eigenvalue weighted by Gasteiger charge is -2.17. The van der Waals surface area contributed by atoms with Gasteiger partial charge in [0.25, 0.3) is 0 Å². The molecule has 0 aliphatic heterocycles. The van der Waals surface area contributed by atoms with Gasteiger partial charge in [-0.1, -0.05) is 30.0 Å². The number of hydrogen-bond acceptors (Lipinski definition) is 6. The smallest absolute Gasteiger partial charge is 0.233 e. The van der Waals surface area contributed by atoms with Crippen molar-refractivity contribution < 1.29 is 9.53 Å². The second-order valence-electron chi connectivity index (χ2n) is 5.73. The Morgan fingerprint density at radius 2 is 2.15 bits per heavy atom. The average molecular weight is 389 g/mol. The zero-order valence-electron chi connectivity index (χ0n) is 14.9. The summed E-state index contributed by atoms with van der Waals surface area (Å²) in [4.78, 5) is 15.2. The topological polar surface area (TPSA) is 60.2 Å². The third-order valence-electron chi connectivity index (χ3n) is 3.88. The number of hydrogen-bond donors (Lipinski definition) is 0. The van der Waals surface area contributed by atoms with Crippen LogP contribution in [0.4, 0.5) is 0 Å². The van der Waals surface area contributed by atoms with Gasteiger partial charge in [-0.3, -0.25) is 4.79 Å². The molecule has 0 spiro atoms. The van der Waals surface area contributed by atoms with E-state index in [-0.39, 0.29) is 5.91 Å². The SMILES string of the molecule is COc1cccc(CN(C)C(=O)CSc2nnc(-c3cccs3)n2C)c1. The first kappa shape index (κ1) is 18.5. The van der Waals surface area contributed by atoms with E-state index in [0.29, 0.717) is 12.3 Å². The number of carbonyl (C=O) groups is 1. The van der Waals surface area contributed by atoms with Crippen molar-refractivity contribution in [1.82, 2.24) is 19.7 Å². The molecule has 0 bridgehead atoms. The van der Waals surface area contributed by atoms with E-state index in [9.17, 15) is 4.79 Å². The van der Waals surface area contributed by atoms with Crippen LogP contribution in [-0.4, -0.2) is 45.5 Å². The van der Waals surface area contributed by atoms with E-state index in [4.69, 9.17) is 4.74 Å². The zero-order chi connectivity index (χ0) is 18.5. The molecule has 0 radical (unpaired) electrons. The van der Waals surface area contributed by atoms with E-state index in [1.807, 2.05) is 53.4 Å². The number of methoxy groups -OCH3 is 1. The van der Waals surface area contributed by atoms with Crippen LogP contribution in [0, 0.1) is 0 Å². The van der Waals surface area contributed by atoms with Crippen molar-refractivity contribution in [3.05, 3.63) is 47.3 Å². The number of nitrogens with zero attached hydrogens (tertiary/aromatic N) is 4. The van der Waals surface area contributed by atoms with Gasteiger partial charge in [0.1, 0.15) is 5.75 Å². The van der Waals surface area contributed by atoms with Crippen LogP contribution in [0.1, 0.15) is 5.56 Å². The number of rotatable bonds is 7. The minimum atomic E-state index is 0.0403. The number of amides is 1. The summed E-state index contributed by atoms with van der Waals surface area (Å²) >= 11 is 3.02. The lowest BCUT2D eigenvalue weighted by Crippen LogP contribution is -2.27. The predicted molar refractivity (Wildman–Crippen MR) is 105 cm³/mol. The molecule has 2 heterocycles. The highest BCUT2D eigenvalue weighted by molar-refractivity contribution is 7.99. The van der Waals surface area contributed by atoms with Gasteiger partial charge in [0.05, 0.1) is 17.7 Å². The Hall–Kier alpha value is -2.32. The van der Waals surface area contributed by atoms with Gasteiger partial charge in [0.2, 0.25) is 5.91 Å². The Balaban J connectivity index is 1.58. The van der Waals surface area contributed by atoms with Crippen LogP contribution >= 0.6 is 23.1 Å². The van der Waals surface area contributed by atoms with Crippen molar-refractivity contribution >= 4 is 29.0 Å². The number of thiophene rings is 1. The zero-order valence-corrected chi connectivity index (χ0v) is 16.5. The van der Waals surface area contributed by atoms with Gasteiger partial charge >= 0.3 is 0 Å². The van der Waals surface area contributed by atoms with E-state index in [1.54, 1.807) is 30.4 Å². The fourth-order valence-electron chi connectivity index (χ4n) is 2.43. The molecule has 0 fully saturated rings. The molecular formula is C18H20N4O2S2. The summed E-state index contributed by atoms with van der Waals surface area (Å²) < 4.78 is 7.15. The molecule has 0 saturated heterocycles. The van der Waals surface area contributed by atoms with Crippen LogP contribution in [-0.2, 0) is 18.4 Å². The number of aromatic nitrogens is 3. The number of carbonyl (C=O) groups excluding carboxylic acids is 1. The summed E-state index contributed by atoms with van der Waals surface area (Å²) in [5.41, 5.74) is 1.03. The monoisotopic (exact) mass is 388 g/mol. The van der Waals surface area contributed by atoms with Crippen LogP contribution in [0.3, 0.4) is 0 Å². The van der Waals surface area contributed by atoms with Crippen LogP contribution < -0.4 is 4.74 Å². The highest BCUT2D eigenvalue weighted by Gasteiger charge is 2.15. The summed E-state index contributed by atoms with van der Waals surface area (Å²) in [5, 5.41) is 11.2. The second-order valence-corrected chi connectivity index (χ2v) is 7.62. The number of thioether (sulfide) groups is 1. The van der Waals surface area contributed by atoms with Gasteiger partial charge in [0.15, 0.2) is 11.0 Å². The molecule has 0 saturated carbocycles. The number of benzene rings is 1. The first-order valence-electron chi connectivity index (χ1n) is 8.01. The minimum Gasteiger partial charge on any atom is -0.497 e. The Labute approximate surface area is 160 Å². The molecule has 0 unspecified atom stereocenters. The van der Waals surface area contributed by atoms with E-state index in [1.165, 1.54) is 11.8 Å². The molecule has 8 heteroatoms. The molecule has 0 N–H and O–H groups in total. The maximum atomic E-state index is 12.4. The fraction of sp³-hybridized carbons (Fsp3) is 0.278. The van der Waals surface area contributed by atoms with Crippen molar-refractivity contribution in [2.75, 3.05) is 19.9 Å². The van der Waals surface area contributed by atoms with Crippen LogP contribution in [0.15, 0.2) is 46.9 Å². The van der Waals surface area contributed by atoms with Crippen molar-refractivity contribution in [3.8, 4) is 16.5 Å². The van der Waals surface area contributed by atoms with Gasteiger partial charge in [-0.05, 0) is 29.1 Å². The first-order chi connectivity index (χ1) is 12.6. The predicted octanol–water partition coefficient (Wildman–Crippen LogP) is 3.30. The van der Waals surface area contributed by atoms with Crippen LogP contribution in [0.5, 0.6) is 5.75 Å². The Bertz CT molecular complexity index is 877. The molecule has 0 aliphatic rings. The Morgan fingerprint density at radius 1 is 1.31 bits per heavy atom. The highest BCUT2D eigenvalue weighted by Crippen LogP contribution is 2.26. The van der Waals surface area contributed by atoms with Crippen molar-refractivity contribution in [3.63, 3.8) is 0 Å². The largest absolute Gasteiger partial charge is 0.497 e. The molecule has 0 atom stereocenters. The van der Waals surface area contributed by atoms with Gasteiger partial charge in [0, 0.05) is 20.6 Å². The second kappa shape index (κ2) is 8.37. The number of ether oxygens (including phenoxy) is 1. The standard InChI is InChI=1S/C18H20N4O2S2/c1-21(11-13-6-4-7-14(10-13)24-3)16(23)12-26-18-20-19-17(22(18)2)15-8-5-9-25-15/h4-10H,11-12H2,1-3H3. The van der Waals surface area contributed by atoms with E-state index in [0.717, 1.165) is 27.2 Å².